The Bertz CT molecular complexity index is 421. The largest absolute Gasteiger partial charge is 0.496 e. The smallest absolute Gasteiger partial charge is 0.221 e. The zero-order chi connectivity index (χ0) is 15.0. The lowest BCUT2D eigenvalue weighted by atomic mass is 10.0. The monoisotopic (exact) mass is 278 g/mol. The number of amides is 1. The molecule has 4 nitrogen and oxygen atoms in total. The number of ether oxygens (including phenoxy) is 1. The van der Waals surface area contributed by atoms with E-state index in [1.54, 1.807) is 7.11 Å². The summed E-state index contributed by atoms with van der Waals surface area (Å²) in [5.74, 6) is 0.879. The van der Waals surface area contributed by atoms with Crippen molar-refractivity contribution in [3.05, 3.63) is 29.8 Å². The van der Waals surface area contributed by atoms with E-state index in [0.717, 1.165) is 30.6 Å². The number of nitrogens with one attached hydrogen (secondary N) is 1. The molecule has 0 aliphatic carbocycles. The van der Waals surface area contributed by atoms with Gasteiger partial charge in [0.1, 0.15) is 5.75 Å². The number of methoxy groups -OCH3 is 1. The summed E-state index contributed by atoms with van der Waals surface area (Å²) >= 11 is 0. The highest BCUT2D eigenvalue weighted by Crippen LogP contribution is 2.18. The number of hydrogen-bond donors (Lipinski definition) is 2. The van der Waals surface area contributed by atoms with Crippen molar-refractivity contribution in [2.24, 2.45) is 5.73 Å². The highest BCUT2D eigenvalue weighted by molar-refractivity contribution is 5.76. The maximum atomic E-state index is 11.9. The van der Waals surface area contributed by atoms with Crippen molar-refractivity contribution >= 4 is 5.91 Å². The van der Waals surface area contributed by atoms with Crippen LogP contribution in [0.15, 0.2) is 24.3 Å². The number of benzene rings is 1. The van der Waals surface area contributed by atoms with E-state index in [0.29, 0.717) is 6.42 Å². The van der Waals surface area contributed by atoms with E-state index in [-0.39, 0.29) is 18.0 Å². The van der Waals surface area contributed by atoms with Crippen LogP contribution in [0.2, 0.25) is 0 Å². The molecule has 2 unspecified atom stereocenters. The fourth-order valence-electron chi connectivity index (χ4n) is 2.30. The average molecular weight is 278 g/mol. The maximum absolute atomic E-state index is 11.9. The van der Waals surface area contributed by atoms with Crippen LogP contribution in [-0.4, -0.2) is 25.1 Å². The molecule has 0 radical (unpaired) electrons. The Balaban J connectivity index is 2.46. The summed E-state index contributed by atoms with van der Waals surface area (Å²) in [7, 11) is 1.66. The molecule has 0 aliphatic rings. The Morgan fingerprint density at radius 2 is 2.10 bits per heavy atom. The van der Waals surface area contributed by atoms with E-state index >= 15 is 0 Å². The Morgan fingerprint density at radius 3 is 2.75 bits per heavy atom. The Hall–Kier alpha value is -1.55. The van der Waals surface area contributed by atoms with E-state index < -0.39 is 0 Å². The number of hydrogen-bond acceptors (Lipinski definition) is 3. The molecule has 0 spiro atoms. The number of para-hydroxylation sites is 1. The van der Waals surface area contributed by atoms with Crippen molar-refractivity contribution in [1.29, 1.82) is 0 Å². The number of carbonyl (C=O) groups excluding carboxylic acids is 1. The van der Waals surface area contributed by atoms with Crippen LogP contribution in [0, 0.1) is 0 Å². The minimum atomic E-state index is -0.0431. The molecule has 3 N–H and O–H groups in total. The highest BCUT2D eigenvalue weighted by atomic mass is 16.5. The van der Waals surface area contributed by atoms with Crippen LogP contribution in [-0.2, 0) is 11.2 Å². The third kappa shape index (κ3) is 5.61. The molecular weight excluding hydrogens is 252 g/mol. The van der Waals surface area contributed by atoms with Gasteiger partial charge in [0.05, 0.1) is 7.11 Å². The van der Waals surface area contributed by atoms with Crippen molar-refractivity contribution in [2.75, 3.05) is 7.11 Å². The molecule has 1 amide bonds. The van der Waals surface area contributed by atoms with Crippen LogP contribution in [0.1, 0.15) is 38.7 Å². The predicted molar refractivity (Wildman–Crippen MR) is 81.8 cm³/mol. The van der Waals surface area contributed by atoms with Gasteiger partial charge in [0, 0.05) is 18.5 Å². The second kappa shape index (κ2) is 8.59. The van der Waals surface area contributed by atoms with Crippen LogP contribution in [0.4, 0.5) is 0 Å². The topological polar surface area (TPSA) is 64.4 Å². The molecule has 1 rings (SSSR count). The molecule has 1 aromatic rings. The van der Waals surface area contributed by atoms with Crippen molar-refractivity contribution < 1.29 is 9.53 Å². The Labute approximate surface area is 121 Å². The predicted octanol–water partition coefficient (Wildman–Crippen LogP) is 2.26. The molecule has 0 heterocycles. The molecule has 1 aromatic carbocycles. The number of nitrogens with two attached hydrogens (primary N) is 1. The molecule has 0 saturated carbocycles. The van der Waals surface area contributed by atoms with E-state index in [1.165, 1.54) is 0 Å². The van der Waals surface area contributed by atoms with Gasteiger partial charge < -0.3 is 15.8 Å². The fraction of sp³-hybridized carbons (Fsp3) is 0.562. The summed E-state index contributed by atoms with van der Waals surface area (Å²) in [6.07, 6.45) is 3.03. The third-order valence-electron chi connectivity index (χ3n) is 3.23. The Kier molecular flexibility index (Phi) is 7.09. The first kappa shape index (κ1) is 16.5. The van der Waals surface area contributed by atoms with Gasteiger partial charge in [0.2, 0.25) is 5.91 Å². The molecule has 2 atom stereocenters. The van der Waals surface area contributed by atoms with Crippen molar-refractivity contribution in [3.63, 3.8) is 0 Å². The van der Waals surface area contributed by atoms with Gasteiger partial charge in [-0.05, 0) is 31.4 Å². The zero-order valence-electron chi connectivity index (χ0n) is 12.7. The molecule has 0 fully saturated rings. The van der Waals surface area contributed by atoms with Gasteiger partial charge in [-0.15, -0.1) is 0 Å². The average Bonchev–Trinajstić information content (AvgIpc) is 2.39. The van der Waals surface area contributed by atoms with Gasteiger partial charge >= 0.3 is 0 Å². The fourth-order valence-corrected chi connectivity index (χ4v) is 2.30. The molecule has 0 aromatic heterocycles. The van der Waals surface area contributed by atoms with Crippen LogP contribution in [0.5, 0.6) is 5.75 Å². The first-order valence-electron chi connectivity index (χ1n) is 7.23. The van der Waals surface area contributed by atoms with Gasteiger partial charge in [-0.2, -0.15) is 0 Å². The summed E-state index contributed by atoms with van der Waals surface area (Å²) < 4.78 is 5.31. The van der Waals surface area contributed by atoms with Gasteiger partial charge in [-0.25, -0.2) is 0 Å². The lowest BCUT2D eigenvalue weighted by molar-refractivity contribution is -0.122. The molecule has 0 bridgehead atoms. The standard InChI is InChI=1S/C16H26N2O2/c1-4-7-14(17)11-16(19)18-12(2)10-13-8-5-6-9-15(13)20-3/h5-6,8-9,12,14H,4,7,10-11,17H2,1-3H3,(H,18,19). The summed E-state index contributed by atoms with van der Waals surface area (Å²) in [5, 5.41) is 2.99. The number of carbonyl (C=O) groups is 1. The van der Waals surface area contributed by atoms with Gasteiger partial charge in [-0.1, -0.05) is 31.5 Å². The van der Waals surface area contributed by atoms with Crippen molar-refractivity contribution in [2.45, 2.75) is 51.6 Å². The molecule has 0 saturated heterocycles. The second-order valence-corrected chi connectivity index (χ2v) is 5.24. The molecule has 112 valence electrons. The summed E-state index contributed by atoms with van der Waals surface area (Å²) in [6.45, 7) is 4.07. The molecule has 4 heteroatoms. The van der Waals surface area contributed by atoms with Crippen molar-refractivity contribution in [1.82, 2.24) is 5.32 Å². The Morgan fingerprint density at radius 1 is 1.40 bits per heavy atom. The van der Waals surface area contributed by atoms with Gasteiger partial charge in [0.15, 0.2) is 0 Å². The molecule has 0 aliphatic heterocycles. The first-order chi connectivity index (χ1) is 9.56. The highest BCUT2D eigenvalue weighted by Gasteiger charge is 2.13. The summed E-state index contributed by atoms with van der Waals surface area (Å²) in [6, 6.07) is 7.88. The van der Waals surface area contributed by atoms with Crippen LogP contribution in [0.25, 0.3) is 0 Å². The zero-order valence-corrected chi connectivity index (χ0v) is 12.7. The van der Waals surface area contributed by atoms with Crippen LogP contribution >= 0.6 is 0 Å². The SMILES string of the molecule is CCCC(N)CC(=O)NC(C)Cc1ccccc1OC. The molecular formula is C16H26N2O2. The lowest BCUT2D eigenvalue weighted by Crippen LogP contribution is -2.37. The van der Waals surface area contributed by atoms with Gasteiger partial charge in [-0.3, -0.25) is 4.79 Å². The summed E-state index contributed by atoms with van der Waals surface area (Å²) in [4.78, 5) is 11.9. The quantitative estimate of drug-likeness (QED) is 0.766. The van der Waals surface area contributed by atoms with Gasteiger partial charge in [0.25, 0.3) is 0 Å². The number of rotatable bonds is 8. The van der Waals surface area contributed by atoms with Crippen LogP contribution < -0.4 is 15.8 Å². The molecule has 20 heavy (non-hydrogen) atoms. The lowest BCUT2D eigenvalue weighted by Gasteiger charge is -2.17. The second-order valence-electron chi connectivity index (χ2n) is 5.24. The van der Waals surface area contributed by atoms with E-state index in [4.69, 9.17) is 10.5 Å². The van der Waals surface area contributed by atoms with E-state index in [2.05, 4.69) is 12.2 Å². The van der Waals surface area contributed by atoms with Crippen molar-refractivity contribution in [3.8, 4) is 5.75 Å². The van der Waals surface area contributed by atoms with E-state index in [9.17, 15) is 4.79 Å². The van der Waals surface area contributed by atoms with E-state index in [1.807, 2.05) is 31.2 Å². The third-order valence-corrected chi connectivity index (χ3v) is 3.23. The minimum absolute atomic E-state index is 0.0216. The van der Waals surface area contributed by atoms with Crippen LogP contribution in [0.3, 0.4) is 0 Å². The minimum Gasteiger partial charge on any atom is -0.496 e. The normalized spacial score (nSPS) is 13.6. The first-order valence-corrected chi connectivity index (χ1v) is 7.23. The maximum Gasteiger partial charge on any atom is 0.221 e. The summed E-state index contributed by atoms with van der Waals surface area (Å²) in [5.41, 5.74) is 6.98.